The molecule has 2 rings (SSSR count). The van der Waals surface area contributed by atoms with Gasteiger partial charge in [0.15, 0.2) is 0 Å². The van der Waals surface area contributed by atoms with Crippen LogP contribution >= 0.6 is 0 Å². The molecule has 2 N–H and O–H groups in total. The van der Waals surface area contributed by atoms with Gasteiger partial charge in [-0.05, 0) is 43.6 Å². The summed E-state index contributed by atoms with van der Waals surface area (Å²) in [5.74, 6) is 0.472. The largest absolute Gasteiger partial charge is 0.707 e. The number of hydrogen-bond acceptors (Lipinski definition) is 4. The third kappa shape index (κ3) is 3.23. The highest BCUT2D eigenvalue weighted by Crippen LogP contribution is 2.16. The molecule has 0 aromatic heterocycles. The Labute approximate surface area is 95.6 Å². The van der Waals surface area contributed by atoms with Crippen LogP contribution in [-0.2, 0) is 6.54 Å². The van der Waals surface area contributed by atoms with Gasteiger partial charge in [-0.15, -0.1) is 0 Å². The minimum atomic E-state index is -1.75. The summed E-state index contributed by atoms with van der Waals surface area (Å²) in [6.45, 7) is 3.31. The van der Waals surface area contributed by atoms with Crippen molar-refractivity contribution < 1.29 is 14.7 Å². The average molecular weight is 221 g/mol. The highest BCUT2D eigenvalue weighted by atomic mass is 16.6. The van der Waals surface area contributed by atoms with E-state index in [1.54, 1.807) is 12.1 Å². The number of benzene rings is 1. The van der Waals surface area contributed by atoms with Crippen LogP contribution in [-0.4, -0.2) is 35.4 Å². The second-order valence-electron chi connectivity index (χ2n) is 4.07. The van der Waals surface area contributed by atoms with Gasteiger partial charge in [0.25, 0.3) is 0 Å². The summed E-state index contributed by atoms with van der Waals surface area (Å²) in [7, 11) is -1.75. The number of hydrogen-bond donors (Lipinski definition) is 2. The van der Waals surface area contributed by atoms with Crippen LogP contribution in [0.5, 0.6) is 5.75 Å². The summed E-state index contributed by atoms with van der Waals surface area (Å²) < 4.78 is 4.74. The summed E-state index contributed by atoms with van der Waals surface area (Å²) in [6, 6.07) is 7.42. The molecular weight excluding hydrogens is 205 g/mol. The second kappa shape index (κ2) is 5.34. The van der Waals surface area contributed by atoms with E-state index in [1.807, 2.05) is 12.1 Å². The van der Waals surface area contributed by atoms with Gasteiger partial charge >= 0.3 is 7.32 Å². The molecule has 4 nitrogen and oxygen atoms in total. The fraction of sp³-hybridized carbons (Fsp3) is 0.455. The molecule has 1 aromatic rings. The van der Waals surface area contributed by atoms with Gasteiger partial charge in [-0.3, -0.25) is 4.90 Å². The molecule has 0 unspecified atom stereocenters. The van der Waals surface area contributed by atoms with Crippen molar-refractivity contribution in [1.82, 2.24) is 4.90 Å². The Morgan fingerprint density at radius 2 is 1.75 bits per heavy atom. The third-order valence-corrected chi connectivity index (χ3v) is 2.77. The quantitative estimate of drug-likeness (QED) is 0.732. The molecular formula is C11H16BNO3. The summed E-state index contributed by atoms with van der Waals surface area (Å²) in [6.07, 6.45) is 2.58. The van der Waals surface area contributed by atoms with Crippen molar-refractivity contribution in [3.63, 3.8) is 0 Å². The van der Waals surface area contributed by atoms with Crippen LogP contribution in [0.15, 0.2) is 24.3 Å². The first-order valence-corrected chi connectivity index (χ1v) is 5.58. The zero-order valence-electron chi connectivity index (χ0n) is 9.17. The first kappa shape index (κ1) is 11.5. The van der Waals surface area contributed by atoms with Gasteiger partial charge in [-0.1, -0.05) is 12.1 Å². The molecule has 1 heterocycles. The molecule has 1 aliphatic heterocycles. The van der Waals surface area contributed by atoms with E-state index in [1.165, 1.54) is 31.5 Å². The summed E-state index contributed by atoms with van der Waals surface area (Å²) in [5.41, 5.74) is 1.22. The van der Waals surface area contributed by atoms with E-state index in [-0.39, 0.29) is 0 Å². The minimum absolute atomic E-state index is 0.472. The fourth-order valence-electron chi connectivity index (χ4n) is 1.99. The molecule has 0 amide bonds. The van der Waals surface area contributed by atoms with Crippen LogP contribution in [0.3, 0.4) is 0 Å². The van der Waals surface area contributed by atoms with Crippen LogP contribution in [0.4, 0.5) is 0 Å². The van der Waals surface area contributed by atoms with Crippen molar-refractivity contribution in [3.8, 4) is 5.75 Å². The summed E-state index contributed by atoms with van der Waals surface area (Å²) in [4.78, 5) is 2.41. The van der Waals surface area contributed by atoms with E-state index < -0.39 is 7.32 Å². The molecule has 1 aromatic carbocycles. The van der Waals surface area contributed by atoms with Crippen molar-refractivity contribution in [2.24, 2.45) is 0 Å². The molecule has 0 saturated carbocycles. The number of nitrogens with zero attached hydrogens (tertiary/aromatic N) is 1. The van der Waals surface area contributed by atoms with Gasteiger partial charge in [0.1, 0.15) is 5.75 Å². The smallest absolute Gasteiger partial charge is 0.512 e. The lowest BCUT2D eigenvalue weighted by atomic mass is 10.2. The number of likely N-dealkylation sites (tertiary alicyclic amines) is 1. The molecule has 0 aliphatic carbocycles. The lowest BCUT2D eigenvalue weighted by molar-refractivity contribution is 0.288. The fourth-order valence-corrected chi connectivity index (χ4v) is 1.99. The van der Waals surface area contributed by atoms with Crippen molar-refractivity contribution in [2.45, 2.75) is 19.4 Å². The maximum Gasteiger partial charge on any atom is 0.707 e. The lowest BCUT2D eigenvalue weighted by Gasteiger charge is -2.14. The predicted octanol–water partition coefficient (Wildman–Crippen LogP) is 0.631. The summed E-state index contributed by atoms with van der Waals surface area (Å²) >= 11 is 0. The first-order valence-electron chi connectivity index (χ1n) is 5.58. The van der Waals surface area contributed by atoms with E-state index in [4.69, 9.17) is 14.7 Å². The topological polar surface area (TPSA) is 52.9 Å². The SMILES string of the molecule is OB(O)Oc1ccc(CN2CCCC2)cc1. The Morgan fingerprint density at radius 3 is 2.31 bits per heavy atom. The van der Waals surface area contributed by atoms with Crippen LogP contribution in [0, 0.1) is 0 Å². The van der Waals surface area contributed by atoms with Crippen molar-refractivity contribution in [2.75, 3.05) is 13.1 Å². The third-order valence-electron chi connectivity index (χ3n) is 2.77. The molecule has 16 heavy (non-hydrogen) atoms. The lowest BCUT2D eigenvalue weighted by Crippen LogP contribution is -2.20. The molecule has 0 radical (unpaired) electrons. The highest BCUT2D eigenvalue weighted by molar-refractivity contribution is 6.33. The van der Waals surface area contributed by atoms with Gasteiger partial charge in [0.2, 0.25) is 0 Å². The Bertz CT molecular complexity index is 323. The monoisotopic (exact) mass is 221 g/mol. The predicted molar refractivity (Wildman–Crippen MR) is 61.8 cm³/mol. The molecule has 1 fully saturated rings. The van der Waals surface area contributed by atoms with Crippen molar-refractivity contribution >= 4 is 7.32 Å². The van der Waals surface area contributed by atoms with Gasteiger partial charge < -0.3 is 14.7 Å². The van der Waals surface area contributed by atoms with Gasteiger partial charge in [-0.25, -0.2) is 0 Å². The van der Waals surface area contributed by atoms with Gasteiger partial charge in [0, 0.05) is 6.54 Å². The molecule has 0 spiro atoms. The molecule has 0 bridgehead atoms. The zero-order valence-corrected chi connectivity index (χ0v) is 9.17. The Balaban J connectivity index is 1.90. The van der Waals surface area contributed by atoms with Crippen LogP contribution < -0.4 is 4.65 Å². The Morgan fingerprint density at radius 1 is 1.12 bits per heavy atom. The standard InChI is InChI=1S/C11H16BNO3/c14-12(15)16-11-5-3-10(4-6-11)9-13-7-1-2-8-13/h3-6,14-15H,1-2,7-9H2. The zero-order chi connectivity index (χ0) is 11.4. The normalized spacial score (nSPS) is 16.4. The van der Waals surface area contributed by atoms with E-state index >= 15 is 0 Å². The second-order valence-corrected chi connectivity index (χ2v) is 4.07. The summed E-state index contributed by atoms with van der Waals surface area (Å²) in [5, 5.41) is 17.3. The molecule has 5 heteroatoms. The Kier molecular flexibility index (Phi) is 3.82. The molecule has 86 valence electrons. The van der Waals surface area contributed by atoms with Gasteiger partial charge in [-0.2, -0.15) is 0 Å². The van der Waals surface area contributed by atoms with Crippen molar-refractivity contribution in [1.29, 1.82) is 0 Å². The van der Waals surface area contributed by atoms with E-state index in [2.05, 4.69) is 4.90 Å². The van der Waals surface area contributed by atoms with E-state index in [0.29, 0.717) is 5.75 Å². The van der Waals surface area contributed by atoms with Crippen LogP contribution in [0.25, 0.3) is 0 Å². The first-order chi connectivity index (χ1) is 7.74. The average Bonchev–Trinajstić information content (AvgIpc) is 2.73. The molecule has 1 saturated heterocycles. The highest BCUT2D eigenvalue weighted by Gasteiger charge is 2.13. The van der Waals surface area contributed by atoms with Crippen molar-refractivity contribution in [3.05, 3.63) is 29.8 Å². The van der Waals surface area contributed by atoms with E-state index in [9.17, 15) is 0 Å². The van der Waals surface area contributed by atoms with E-state index in [0.717, 1.165) is 6.54 Å². The maximum atomic E-state index is 8.63. The molecule has 1 aliphatic rings. The maximum absolute atomic E-state index is 8.63. The Hall–Kier alpha value is -1.04. The number of rotatable bonds is 4. The van der Waals surface area contributed by atoms with Gasteiger partial charge in [0.05, 0.1) is 0 Å². The molecule has 0 atom stereocenters. The van der Waals surface area contributed by atoms with Crippen LogP contribution in [0.2, 0.25) is 0 Å². The minimum Gasteiger partial charge on any atom is -0.512 e. The van der Waals surface area contributed by atoms with Crippen LogP contribution in [0.1, 0.15) is 18.4 Å².